The second-order valence-corrected chi connectivity index (χ2v) is 6.85. The van der Waals surface area contributed by atoms with Crippen molar-refractivity contribution in [3.63, 3.8) is 0 Å². The SMILES string of the molecule is NC1C(=O)N2C=C(CSc3ccc4nnnn4n3)CS[C@H]12. The maximum atomic E-state index is 11.6. The highest BCUT2D eigenvalue weighted by atomic mass is 32.2. The third-order valence-electron chi connectivity index (χ3n) is 3.33. The van der Waals surface area contributed by atoms with Gasteiger partial charge in [0.05, 0.1) is 0 Å². The second-order valence-electron chi connectivity index (χ2n) is 4.75. The largest absolute Gasteiger partial charge is 0.317 e. The van der Waals surface area contributed by atoms with E-state index < -0.39 is 0 Å². The summed E-state index contributed by atoms with van der Waals surface area (Å²) in [7, 11) is 0. The second kappa shape index (κ2) is 4.97. The summed E-state index contributed by atoms with van der Waals surface area (Å²) in [5.74, 6) is 1.67. The highest BCUT2D eigenvalue weighted by Gasteiger charge is 2.46. The molecule has 108 valence electrons. The average Bonchev–Trinajstić information content (AvgIpc) is 2.99. The van der Waals surface area contributed by atoms with Gasteiger partial charge in [-0.15, -0.1) is 38.4 Å². The van der Waals surface area contributed by atoms with Crippen LogP contribution in [0.4, 0.5) is 0 Å². The first-order valence-electron chi connectivity index (χ1n) is 6.29. The van der Waals surface area contributed by atoms with E-state index in [0.717, 1.165) is 16.5 Å². The van der Waals surface area contributed by atoms with Crippen molar-refractivity contribution >= 4 is 35.1 Å². The van der Waals surface area contributed by atoms with Crippen molar-refractivity contribution in [1.29, 1.82) is 0 Å². The van der Waals surface area contributed by atoms with Gasteiger partial charge in [0.15, 0.2) is 5.65 Å². The molecule has 2 aliphatic heterocycles. The molecule has 10 heteroatoms. The minimum absolute atomic E-state index is 0.00272. The minimum atomic E-state index is -0.343. The number of fused-ring (bicyclic) bond motifs is 2. The number of hydrogen-bond donors (Lipinski definition) is 1. The number of amides is 1. The predicted molar refractivity (Wildman–Crippen MR) is 78.5 cm³/mol. The highest BCUT2D eigenvalue weighted by molar-refractivity contribution is 8.01. The summed E-state index contributed by atoms with van der Waals surface area (Å²) < 4.78 is 1.40. The first kappa shape index (κ1) is 13.0. The molecule has 2 atom stereocenters. The Morgan fingerprint density at radius 2 is 2.38 bits per heavy atom. The lowest BCUT2D eigenvalue weighted by molar-refractivity contribution is -0.140. The van der Waals surface area contributed by atoms with Crippen LogP contribution in [0.3, 0.4) is 0 Å². The van der Waals surface area contributed by atoms with Crippen LogP contribution in [0.5, 0.6) is 0 Å². The van der Waals surface area contributed by atoms with Crippen LogP contribution in [-0.2, 0) is 4.79 Å². The van der Waals surface area contributed by atoms with E-state index in [2.05, 4.69) is 20.6 Å². The van der Waals surface area contributed by atoms with Crippen LogP contribution in [0.1, 0.15) is 0 Å². The summed E-state index contributed by atoms with van der Waals surface area (Å²) in [5.41, 5.74) is 7.57. The predicted octanol–water partition coefficient (Wildman–Crippen LogP) is -0.262. The van der Waals surface area contributed by atoms with Crippen molar-refractivity contribution in [2.45, 2.75) is 16.4 Å². The summed E-state index contributed by atoms with van der Waals surface area (Å²) in [6.07, 6.45) is 1.93. The van der Waals surface area contributed by atoms with E-state index in [9.17, 15) is 4.79 Å². The van der Waals surface area contributed by atoms with Crippen molar-refractivity contribution in [2.75, 3.05) is 11.5 Å². The molecule has 4 rings (SSSR count). The number of β-lactam (4-membered cyclic amide) rings is 1. The van der Waals surface area contributed by atoms with E-state index in [1.165, 1.54) is 10.2 Å². The molecule has 0 aromatic carbocycles. The number of nitrogens with zero attached hydrogens (tertiary/aromatic N) is 6. The Kier molecular flexibility index (Phi) is 3.08. The van der Waals surface area contributed by atoms with Gasteiger partial charge >= 0.3 is 0 Å². The molecule has 0 bridgehead atoms. The summed E-state index contributed by atoms with van der Waals surface area (Å²) in [6.45, 7) is 0. The molecule has 8 nitrogen and oxygen atoms in total. The molecule has 1 amide bonds. The number of nitrogens with two attached hydrogens (primary N) is 1. The van der Waals surface area contributed by atoms with Crippen LogP contribution in [0.25, 0.3) is 5.65 Å². The Balaban J connectivity index is 1.45. The quantitative estimate of drug-likeness (QED) is 0.609. The molecule has 4 heterocycles. The molecule has 0 saturated carbocycles. The van der Waals surface area contributed by atoms with E-state index in [-0.39, 0.29) is 17.3 Å². The number of tetrazole rings is 1. The van der Waals surface area contributed by atoms with Gasteiger partial charge in [0, 0.05) is 17.7 Å². The number of carbonyl (C=O) groups excluding carboxylic acids is 1. The maximum absolute atomic E-state index is 11.6. The van der Waals surface area contributed by atoms with Gasteiger partial charge in [-0.2, -0.15) is 0 Å². The minimum Gasteiger partial charge on any atom is -0.317 e. The molecule has 1 unspecified atom stereocenters. The van der Waals surface area contributed by atoms with Gasteiger partial charge < -0.3 is 10.6 Å². The standard InChI is InChI=1S/C11H11N7OS2/c12-9-10(19)17-3-6(5-21-11(9)17)4-20-8-2-1-7-13-15-16-18(7)14-8/h1-3,9,11H,4-5,12H2/t9?,11-/m1/s1. The average molecular weight is 321 g/mol. The number of aromatic nitrogens is 5. The van der Waals surface area contributed by atoms with E-state index in [1.807, 2.05) is 18.3 Å². The number of rotatable bonds is 3. The summed E-state index contributed by atoms with van der Waals surface area (Å²) in [6, 6.07) is 3.37. The lowest BCUT2D eigenvalue weighted by atomic mass is 10.1. The molecular formula is C11H11N7OS2. The van der Waals surface area contributed by atoms with Crippen molar-refractivity contribution < 1.29 is 4.79 Å². The smallest absolute Gasteiger partial charge is 0.247 e. The maximum Gasteiger partial charge on any atom is 0.247 e. The molecule has 2 aromatic heterocycles. The molecule has 2 N–H and O–H groups in total. The van der Waals surface area contributed by atoms with E-state index in [4.69, 9.17) is 5.73 Å². The normalized spacial score (nSPS) is 24.7. The molecule has 0 spiro atoms. The van der Waals surface area contributed by atoms with Crippen LogP contribution in [0, 0.1) is 0 Å². The van der Waals surface area contributed by atoms with Gasteiger partial charge in [0.2, 0.25) is 5.91 Å². The third kappa shape index (κ3) is 2.19. The van der Waals surface area contributed by atoms with E-state index >= 15 is 0 Å². The number of hydrogen-bond acceptors (Lipinski definition) is 8. The fourth-order valence-corrected chi connectivity index (χ4v) is 4.36. The van der Waals surface area contributed by atoms with Crippen molar-refractivity contribution in [1.82, 2.24) is 30.2 Å². The summed E-state index contributed by atoms with van der Waals surface area (Å²) >= 11 is 3.31. The number of carbonyl (C=O) groups is 1. The van der Waals surface area contributed by atoms with Gasteiger partial charge in [-0.3, -0.25) is 4.79 Å². The van der Waals surface area contributed by atoms with Gasteiger partial charge in [-0.25, -0.2) is 0 Å². The summed E-state index contributed by atoms with van der Waals surface area (Å²) in [5, 5.41) is 16.4. The highest BCUT2D eigenvalue weighted by Crippen LogP contribution is 2.36. The third-order valence-corrected chi connectivity index (χ3v) is 5.76. The molecule has 0 aliphatic carbocycles. The Labute approximate surface area is 128 Å². The lowest BCUT2D eigenvalue weighted by Crippen LogP contribution is -2.66. The van der Waals surface area contributed by atoms with Gasteiger partial charge in [-0.05, 0) is 28.1 Å². The number of thioether (sulfide) groups is 2. The Bertz CT molecular complexity index is 745. The van der Waals surface area contributed by atoms with Crippen LogP contribution in [0.15, 0.2) is 28.9 Å². The molecule has 2 aromatic rings. The Morgan fingerprint density at radius 3 is 3.29 bits per heavy atom. The van der Waals surface area contributed by atoms with E-state index in [0.29, 0.717) is 5.65 Å². The first-order valence-corrected chi connectivity index (χ1v) is 8.33. The topological polar surface area (TPSA) is 102 Å². The van der Waals surface area contributed by atoms with Crippen molar-refractivity contribution in [2.24, 2.45) is 5.73 Å². The molecule has 1 saturated heterocycles. The van der Waals surface area contributed by atoms with Gasteiger partial charge in [0.1, 0.15) is 16.4 Å². The van der Waals surface area contributed by atoms with Crippen molar-refractivity contribution in [3.8, 4) is 0 Å². The van der Waals surface area contributed by atoms with Crippen LogP contribution in [-0.4, -0.2) is 59.0 Å². The van der Waals surface area contributed by atoms with Crippen molar-refractivity contribution in [3.05, 3.63) is 23.9 Å². The molecule has 1 fully saturated rings. The molecule has 0 radical (unpaired) electrons. The van der Waals surface area contributed by atoms with Crippen LogP contribution in [0.2, 0.25) is 0 Å². The summed E-state index contributed by atoms with van der Waals surface area (Å²) in [4.78, 5) is 13.4. The lowest BCUT2D eigenvalue weighted by Gasteiger charge is -2.45. The first-order chi connectivity index (χ1) is 10.2. The van der Waals surface area contributed by atoms with Crippen LogP contribution < -0.4 is 5.73 Å². The van der Waals surface area contributed by atoms with Gasteiger partial charge in [-0.1, -0.05) is 0 Å². The monoisotopic (exact) mass is 321 g/mol. The van der Waals surface area contributed by atoms with Crippen LogP contribution >= 0.6 is 23.5 Å². The fraction of sp³-hybridized carbons (Fsp3) is 0.364. The zero-order valence-electron chi connectivity index (χ0n) is 10.8. The van der Waals surface area contributed by atoms with E-state index in [1.54, 1.807) is 28.4 Å². The van der Waals surface area contributed by atoms with Gasteiger partial charge in [0.25, 0.3) is 0 Å². The molecule has 2 aliphatic rings. The molecular weight excluding hydrogens is 310 g/mol. The Hall–Kier alpha value is -1.65. The zero-order valence-corrected chi connectivity index (χ0v) is 12.4. The molecule has 21 heavy (non-hydrogen) atoms. The fourth-order valence-electron chi connectivity index (χ4n) is 2.21. The Morgan fingerprint density at radius 1 is 1.48 bits per heavy atom. The zero-order chi connectivity index (χ0) is 14.4.